The molecule has 1 atom stereocenters. The minimum atomic E-state index is -3.41. The third kappa shape index (κ3) is 4.99. The van der Waals surface area contributed by atoms with Crippen LogP contribution in [0.2, 0.25) is 0 Å². The molecule has 150 valence electrons. The van der Waals surface area contributed by atoms with Crippen LogP contribution in [0.5, 0.6) is 0 Å². The Morgan fingerprint density at radius 2 is 1.93 bits per heavy atom. The fourth-order valence-electron chi connectivity index (χ4n) is 3.18. The second-order valence-electron chi connectivity index (χ2n) is 6.73. The molecule has 3 rings (SSSR count). The first-order valence-corrected chi connectivity index (χ1v) is 10.9. The van der Waals surface area contributed by atoms with Crippen LogP contribution in [0.4, 0.5) is 5.69 Å². The maximum atomic E-state index is 12.5. The Kier molecular flexibility index (Phi) is 6.15. The van der Waals surface area contributed by atoms with E-state index in [0.717, 1.165) is 24.7 Å². The van der Waals surface area contributed by atoms with E-state index in [-0.39, 0.29) is 24.1 Å². The van der Waals surface area contributed by atoms with Crippen LogP contribution in [0.3, 0.4) is 0 Å². The largest absolute Gasteiger partial charge is 0.459 e. The first-order chi connectivity index (χ1) is 13.3. The van der Waals surface area contributed by atoms with Crippen molar-refractivity contribution in [3.05, 3.63) is 54.0 Å². The number of rotatable bonds is 6. The predicted molar refractivity (Wildman–Crippen MR) is 104 cm³/mol. The molecule has 1 saturated heterocycles. The first-order valence-electron chi connectivity index (χ1n) is 9.03. The predicted octanol–water partition coefficient (Wildman–Crippen LogP) is 1.96. The lowest BCUT2D eigenvalue weighted by molar-refractivity contribution is -0.125. The highest BCUT2D eigenvalue weighted by Gasteiger charge is 2.34. The molecule has 1 fully saturated rings. The van der Waals surface area contributed by atoms with Crippen molar-refractivity contribution in [2.45, 2.75) is 31.8 Å². The highest BCUT2D eigenvalue weighted by Crippen LogP contribution is 2.20. The van der Waals surface area contributed by atoms with Gasteiger partial charge in [-0.1, -0.05) is 18.6 Å². The summed E-state index contributed by atoms with van der Waals surface area (Å²) in [5.41, 5.74) is 1.44. The van der Waals surface area contributed by atoms with Gasteiger partial charge in [-0.3, -0.25) is 9.59 Å². The average Bonchev–Trinajstić information content (AvgIpc) is 3.21. The summed E-state index contributed by atoms with van der Waals surface area (Å²) in [6.07, 6.45) is 4.68. The second-order valence-corrected chi connectivity index (χ2v) is 8.67. The average molecular weight is 405 g/mol. The number of hydrogen-bond acceptors (Lipinski definition) is 5. The molecule has 1 aliphatic rings. The van der Waals surface area contributed by atoms with E-state index < -0.39 is 16.1 Å². The smallest absolute Gasteiger partial charge is 0.291 e. The molecule has 1 aromatic heterocycles. The van der Waals surface area contributed by atoms with Crippen LogP contribution in [0.25, 0.3) is 0 Å². The number of sulfonamides is 1. The van der Waals surface area contributed by atoms with Crippen LogP contribution >= 0.6 is 0 Å². The Morgan fingerprint density at radius 3 is 2.57 bits per heavy atom. The van der Waals surface area contributed by atoms with Crippen molar-refractivity contribution in [2.75, 3.05) is 18.1 Å². The van der Waals surface area contributed by atoms with E-state index in [4.69, 9.17) is 4.42 Å². The molecule has 0 spiro atoms. The molecule has 8 nitrogen and oxygen atoms in total. The Hall–Kier alpha value is -2.65. The van der Waals surface area contributed by atoms with Gasteiger partial charge >= 0.3 is 0 Å². The lowest BCUT2D eigenvalue weighted by Gasteiger charge is -2.32. The summed E-state index contributed by atoms with van der Waals surface area (Å²) in [6, 6.07) is 9.58. The molecule has 0 radical (unpaired) electrons. The Labute approximate surface area is 164 Å². The van der Waals surface area contributed by atoms with Crippen LogP contribution in [0, 0.1) is 0 Å². The Balaban J connectivity index is 1.55. The Morgan fingerprint density at radius 1 is 1.18 bits per heavy atom. The van der Waals surface area contributed by atoms with E-state index in [0.29, 0.717) is 18.7 Å². The third-order valence-electron chi connectivity index (χ3n) is 4.61. The number of nitrogens with one attached hydrogen (secondary N) is 2. The summed E-state index contributed by atoms with van der Waals surface area (Å²) in [6.45, 7) is 0.653. The van der Waals surface area contributed by atoms with E-state index in [1.54, 1.807) is 36.4 Å². The summed E-state index contributed by atoms with van der Waals surface area (Å²) in [5, 5.41) is 5.52. The molecule has 2 N–H and O–H groups in total. The minimum Gasteiger partial charge on any atom is -0.459 e. The van der Waals surface area contributed by atoms with Gasteiger partial charge in [0.2, 0.25) is 15.9 Å². The number of piperidine rings is 1. The number of anilines is 1. The molecule has 2 aromatic rings. The van der Waals surface area contributed by atoms with Gasteiger partial charge < -0.3 is 15.1 Å². The number of carbonyl (C=O) groups excluding carboxylic acids is 2. The van der Waals surface area contributed by atoms with Gasteiger partial charge in [-0.15, -0.1) is 0 Å². The zero-order chi connectivity index (χ0) is 20.1. The lowest BCUT2D eigenvalue weighted by Crippen LogP contribution is -2.51. The highest BCUT2D eigenvalue weighted by atomic mass is 32.2. The van der Waals surface area contributed by atoms with Crippen molar-refractivity contribution in [3.63, 3.8) is 0 Å². The summed E-state index contributed by atoms with van der Waals surface area (Å²) in [7, 11) is -3.41. The molecule has 0 bridgehead atoms. The van der Waals surface area contributed by atoms with Gasteiger partial charge in [-0.05, 0) is 42.7 Å². The number of furan rings is 1. The number of nitrogens with zero attached hydrogens (tertiary/aromatic N) is 1. The highest BCUT2D eigenvalue weighted by molar-refractivity contribution is 7.88. The summed E-state index contributed by atoms with van der Waals surface area (Å²) < 4.78 is 30.1. The molecule has 1 aliphatic heterocycles. The molecular weight excluding hydrogens is 382 g/mol. The van der Waals surface area contributed by atoms with Crippen LogP contribution < -0.4 is 10.6 Å². The third-order valence-corrected chi connectivity index (χ3v) is 5.89. The molecular formula is C19H23N3O5S. The zero-order valence-electron chi connectivity index (χ0n) is 15.6. The topological polar surface area (TPSA) is 109 Å². The van der Waals surface area contributed by atoms with E-state index >= 15 is 0 Å². The van der Waals surface area contributed by atoms with Gasteiger partial charge in [-0.2, -0.15) is 4.31 Å². The molecule has 0 aliphatic carbocycles. The van der Waals surface area contributed by atoms with Gasteiger partial charge in [0.05, 0.1) is 12.5 Å². The van der Waals surface area contributed by atoms with E-state index in [9.17, 15) is 18.0 Å². The summed E-state index contributed by atoms with van der Waals surface area (Å²) in [4.78, 5) is 24.4. The molecule has 2 amide bonds. The fourth-order valence-corrected chi connectivity index (χ4v) is 4.30. The second kappa shape index (κ2) is 8.57. The standard InChI is InChI=1S/C19H23N3O5S/c1-28(25,26)22-11-3-2-5-16(22)18(23)20-13-14-7-9-15(10-8-14)21-19(24)17-6-4-12-27-17/h4,6-10,12,16H,2-3,5,11,13H2,1H3,(H,20,23)(H,21,24)/t16-/m0/s1. The maximum absolute atomic E-state index is 12.5. The molecule has 0 unspecified atom stereocenters. The lowest BCUT2D eigenvalue weighted by atomic mass is 10.0. The maximum Gasteiger partial charge on any atom is 0.291 e. The van der Waals surface area contributed by atoms with E-state index in [2.05, 4.69) is 10.6 Å². The van der Waals surface area contributed by atoms with Crippen molar-refractivity contribution in [1.29, 1.82) is 0 Å². The monoisotopic (exact) mass is 405 g/mol. The molecule has 1 aromatic carbocycles. The van der Waals surface area contributed by atoms with Crippen LogP contribution in [0.15, 0.2) is 47.1 Å². The van der Waals surface area contributed by atoms with Crippen molar-refractivity contribution in [1.82, 2.24) is 9.62 Å². The van der Waals surface area contributed by atoms with Crippen molar-refractivity contribution < 1.29 is 22.4 Å². The van der Waals surface area contributed by atoms with Gasteiger partial charge in [0.1, 0.15) is 6.04 Å². The Bertz CT molecular complexity index is 923. The van der Waals surface area contributed by atoms with Crippen molar-refractivity contribution in [3.8, 4) is 0 Å². The minimum absolute atomic E-state index is 0.222. The number of hydrogen-bond donors (Lipinski definition) is 2. The number of amides is 2. The number of benzene rings is 1. The molecule has 9 heteroatoms. The van der Waals surface area contributed by atoms with Crippen LogP contribution in [-0.2, 0) is 21.4 Å². The zero-order valence-corrected chi connectivity index (χ0v) is 16.4. The van der Waals surface area contributed by atoms with Crippen LogP contribution in [-0.4, -0.2) is 43.4 Å². The molecule has 0 saturated carbocycles. The van der Waals surface area contributed by atoms with Gasteiger partial charge in [0, 0.05) is 18.8 Å². The normalized spacial score (nSPS) is 17.8. The van der Waals surface area contributed by atoms with Crippen LogP contribution in [0.1, 0.15) is 35.4 Å². The SMILES string of the molecule is CS(=O)(=O)N1CCCC[C@H]1C(=O)NCc1ccc(NC(=O)c2ccco2)cc1. The van der Waals surface area contributed by atoms with E-state index in [1.165, 1.54) is 10.6 Å². The quantitative estimate of drug-likeness (QED) is 0.764. The first kappa shape index (κ1) is 20.1. The van der Waals surface area contributed by atoms with Crippen molar-refractivity contribution in [2.24, 2.45) is 0 Å². The van der Waals surface area contributed by atoms with Gasteiger partial charge in [-0.25, -0.2) is 8.42 Å². The molecule has 28 heavy (non-hydrogen) atoms. The molecule has 2 heterocycles. The van der Waals surface area contributed by atoms with Gasteiger partial charge in [0.25, 0.3) is 5.91 Å². The van der Waals surface area contributed by atoms with Gasteiger partial charge in [0.15, 0.2) is 5.76 Å². The van der Waals surface area contributed by atoms with Crippen molar-refractivity contribution >= 4 is 27.5 Å². The summed E-state index contributed by atoms with van der Waals surface area (Å²) >= 11 is 0. The van der Waals surface area contributed by atoms with E-state index in [1.807, 2.05) is 0 Å². The fraction of sp³-hybridized carbons (Fsp3) is 0.368. The number of carbonyl (C=O) groups is 2. The summed E-state index contributed by atoms with van der Waals surface area (Å²) in [5.74, 6) is -0.413.